The number of piperidine rings is 1. The van der Waals surface area contributed by atoms with Gasteiger partial charge in [-0.25, -0.2) is 19.1 Å². The highest BCUT2D eigenvalue weighted by molar-refractivity contribution is 6.38. The molecule has 14 heteroatoms. The average Bonchev–Trinajstić information content (AvgIpc) is 3.76. The van der Waals surface area contributed by atoms with Crippen LogP contribution in [0.5, 0.6) is 17.2 Å². The summed E-state index contributed by atoms with van der Waals surface area (Å²) in [5, 5.41) is 2.84. The van der Waals surface area contributed by atoms with Gasteiger partial charge in [-0.05, 0) is 86.8 Å². The lowest BCUT2D eigenvalue weighted by Crippen LogP contribution is -2.53. The van der Waals surface area contributed by atoms with Crippen LogP contribution in [0.15, 0.2) is 61.2 Å². The van der Waals surface area contributed by atoms with Crippen LogP contribution in [0.4, 0.5) is 4.79 Å². The molecule has 0 unspecified atom stereocenters. The summed E-state index contributed by atoms with van der Waals surface area (Å²) in [5.74, 6) is -0.147. The zero-order valence-corrected chi connectivity index (χ0v) is 32.5. The molecule has 1 aromatic heterocycles. The van der Waals surface area contributed by atoms with E-state index in [9.17, 15) is 24.0 Å². The molecule has 14 nitrogen and oxygen atoms in total. The van der Waals surface area contributed by atoms with Gasteiger partial charge >= 0.3 is 12.1 Å². The number of rotatable bonds is 20. The molecule has 0 aliphatic carbocycles. The standard InChI is InChI=1S/C41H54N4O10/c1-6-41(2,3)37(47)38(48)45-22-9-7-14-32(45)39(49)55-33(18-16-29-17-19-34(51-4)35(26-29)52-5)30-12-11-13-31(27-30)53-25-21-43-36(46)15-8-10-24-54-40(50)44-23-20-42-28-44/h11-13,17,19-20,23,26-28,32-33H,6-10,14-16,18,21-22,24-25H2,1-5H3,(H,43,46)/t32-,33+/m0/s1. The summed E-state index contributed by atoms with van der Waals surface area (Å²) < 4.78 is 29.5. The molecule has 55 heavy (non-hydrogen) atoms. The van der Waals surface area contributed by atoms with E-state index in [0.29, 0.717) is 74.3 Å². The Kier molecular flexibility index (Phi) is 16.1. The minimum Gasteiger partial charge on any atom is -0.493 e. The van der Waals surface area contributed by atoms with Crippen molar-refractivity contribution < 1.29 is 47.7 Å². The van der Waals surface area contributed by atoms with E-state index in [1.165, 1.54) is 28.2 Å². The van der Waals surface area contributed by atoms with Gasteiger partial charge in [0.05, 0.1) is 27.4 Å². The van der Waals surface area contributed by atoms with E-state index in [1.54, 1.807) is 40.2 Å². The zero-order chi connectivity index (χ0) is 39.8. The van der Waals surface area contributed by atoms with Crippen molar-refractivity contribution in [2.75, 3.05) is 40.5 Å². The van der Waals surface area contributed by atoms with E-state index in [-0.39, 0.29) is 32.1 Å². The fourth-order valence-electron chi connectivity index (χ4n) is 6.09. The number of hydrogen-bond donors (Lipinski definition) is 1. The Morgan fingerprint density at radius 2 is 1.78 bits per heavy atom. The Bertz CT molecular complexity index is 1740. The van der Waals surface area contributed by atoms with E-state index in [2.05, 4.69) is 10.3 Å². The fourth-order valence-corrected chi connectivity index (χ4v) is 6.09. The summed E-state index contributed by atoms with van der Waals surface area (Å²) in [4.78, 5) is 69.9. The van der Waals surface area contributed by atoms with Crippen LogP contribution in [-0.2, 0) is 35.1 Å². The maximum absolute atomic E-state index is 13.9. The number of aromatic nitrogens is 2. The first-order valence-electron chi connectivity index (χ1n) is 18.9. The fraction of sp³-hybridized carbons (Fsp3) is 0.512. The largest absolute Gasteiger partial charge is 0.493 e. The molecular formula is C41H54N4O10. The molecule has 0 bridgehead atoms. The van der Waals surface area contributed by atoms with E-state index in [0.717, 1.165) is 12.0 Å². The van der Waals surface area contributed by atoms with E-state index < -0.39 is 41.3 Å². The number of likely N-dealkylation sites (tertiary alicyclic amines) is 1. The van der Waals surface area contributed by atoms with Crippen LogP contribution in [0, 0.1) is 5.41 Å². The average molecular weight is 763 g/mol. The summed E-state index contributed by atoms with van der Waals surface area (Å²) >= 11 is 0. The molecule has 2 aromatic carbocycles. The van der Waals surface area contributed by atoms with Crippen LogP contribution in [0.3, 0.4) is 0 Å². The minimum atomic E-state index is -0.873. The molecule has 2 atom stereocenters. The van der Waals surface area contributed by atoms with Crippen LogP contribution in [0.1, 0.15) is 89.4 Å². The first-order valence-corrected chi connectivity index (χ1v) is 18.9. The monoisotopic (exact) mass is 762 g/mol. The van der Waals surface area contributed by atoms with Gasteiger partial charge in [0.1, 0.15) is 30.8 Å². The van der Waals surface area contributed by atoms with Crippen molar-refractivity contribution >= 4 is 29.7 Å². The number of carbonyl (C=O) groups excluding carboxylic acids is 5. The number of amides is 2. The highest BCUT2D eigenvalue weighted by Gasteiger charge is 2.41. The van der Waals surface area contributed by atoms with Crippen LogP contribution in [0.25, 0.3) is 0 Å². The third-order valence-electron chi connectivity index (χ3n) is 9.79. The first kappa shape index (κ1) is 42.3. The molecule has 1 N–H and O–H groups in total. The second kappa shape index (κ2) is 20.9. The molecular weight excluding hydrogens is 708 g/mol. The van der Waals surface area contributed by atoms with Gasteiger partial charge in [0.25, 0.3) is 5.91 Å². The van der Waals surface area contributed by atoms with Gasteiger partial charge in [-0.2, -0.15) is 0 Å². The molecule has 1 saturated heterocycles. The van der Waals surface area contributed by atoms with Gasteiger partial charge < -0.3 is 33.9 Å². The normalized spacial score (nSPS) is 14.7. The Morgan fingerprint density at radius 1 is 0.982 bits per heavy atom. The highest BCUT2D eigenvalue weighted by Crippen LogP contribution is 2.32. The summed E-state index contributed by atoms with van der Waals surface area (Å²) in [6.45, 7) is 6.33. The smallest absolute Gasteiger partial charge is 0.419 e. The number of hydrogen-bond acceptors (Lipinski definition) is 11. The van der Waals surface area contributed by atoms with Crippen molar-refractivity contribution in [2.45, 2.75) is 90.7 Å². The Hall–Kier alpha value is -5.40. The Labute approximate surface area is 322 Å². The van der Waals surface area contributed by atoms with Crippen molar-refractivity contribution in [3.63, 3.8) is 0 Å². The minimum absolute atomic E-state index is 0.143. The predicted molar refractivity (Wildman–Crippen MR) is 203 cm³/mol. The number of aryl methyl sites for hydroxylation is 1. The van der Waals surface area contributed by atoms with E-state index >= 15 is 0 Å². The maximum atomic E-state index is 13.9. The van der Waals surface area contributed by atoms with Crippen molar-refractivity contribution in [1.82, 2.24) is 19.8 Å². The number of imidazole rings is 1. The number of ketones is 1. The number of carbonyl (C=O) groups is 5. The third kappa shape index (κ3) is 12.3. The van der Waals surface area contributed by atoms with Crippen LogP contribution >= 0.6 is 0 Å². The van der Waals surface area contributed by atoms with Crippen LogP contribution in [-0.4, -0.2) is 90.7 Å². The Balaban J connectivity index is 1.37. The first-order chi connectivity index (χ1) is 26.5. The molecule has 2 amide bonds. The lowest BCUT2D eigenvalue weighted by atomic mass is 9.84. The number of nitrogens with zero attached hydrogens (tertiary/aromatic N) is 3. The molecule has 0 saturated carbocycles. The topological polar surface area (TPSA) is 165 Å². The molecule has 1 aliphatic heterocycles. The molecule has 0 radical (unpaired) electrons. The summed E-state index contributed by atoms with van der Waals surface area (Å²) in [6.07, 6.45) is 7.76. The van der Waals surface area contributed by atoms with Gasteiger partial charge in [0.15, 0.2) is 11.5 Å². The van der Waals surface area contributed by atoms with Crippen molar-refractivity contribution in [1.29, 1.82) is 0 Å². The van der Waals surface area contributed by atoms with Crippen LogP contribution < -0.4 is 19.5 Å². The quantitative estimate of drug-likeness (QED) is 0.0834. The van der Waals surface area contributed by atoms with Crippen molar-refractivity contribution in [3.8, 4) is 17.2 Å². The maximum Gasteiger partial charge on any atom is 0.419 e. The lowest BCUT2D eigenvalue weighted by molar-refractivity contribution is -0.164. The summed E-state index contributed by atoms with van der Waals surface area (Å²) in [6, 6.07) is 12.0. The molecule has 2 heterocycles. The second-order valence-corrected chi connectivity index (χ2v) is 14.0. The van der Waals surface area contributed by atoms with Gasteiger partial charge in [-0.3, -0.25) is 14.4 Å². The predicted octanol–water partition coefficient (Wildman–Crippen LogP) is 5.85. The number of benzene rings is 2. The van der Waals surface area contributed by atoms with Crippen LogP contribution in [0.2, 0.25) is 0 Å². The zero-order valence-electron chi connectivity index (χ0n) is 32.5. The SMILES string of the molecule is CCC(C)(C)C(=O)C(=O)N1CCCC[C@H]1C(=O)O[C@H](CCc1ccc(OC)c(OC)c1)c1cccc(OCCNC(=O)CCCCOC(=O)n2ccnc2)c1. The van der Waals surface area contributed by atoms with E-state index in [1.807, 2.05) is 37.3 Å². The van der Waals surface area contributed by atoms with Gasteiger partial charge in [0.2, 0.25) is 11.7 Å². The highest BCUT2D eigenvalue weighted by atomic mass is 16.6. The number of ether oxygens (including phenoxy) is 5. The van der Waals surface area contributed by atoms with E-state index in [4.69, 9.17) is 23.7 Å². The van der Waals surface area contributed by atoms with Gasteiger partial charge in [-0.15, -0.1) is 0 Å². The number of unbranched alkanes of at least 4 members (excludes halogenated alkanes) is 1. The molecule has 1 fully saturated rings. The van der Waals surface area contributed by atoms with Gasteiger partial charge in [-0.1, -0.05) is 39.0 Å². The number of methoxy groups -OCH3 is 2. The molecule has 4 rings (SSSR count). The number of Topliss-reactive ketones (excluding diaryl/α,β-unsaturated/α-hetero) is 1. The summed E-state index contributed by atoms with van der Waals surface area (Å²) in [7, 11) is 3.14. The molecule has 1 aliphatic rings. The molecule has 298 valence electrons. The molecule has 3 aromatic rings. The number of esters is 1. The summed E-state index contributed by atoms with van der Waals surface area (Å²) in [5.41, 5.74) is 0.800. The van der Waals surface area contributed by atoms with Crippen molar-refractivity contribution in [2.24, 2.45) is 5.41 Å². The number of nitrogens with one attached hydrogen (secondary N) is 1. The molecule has 0 spiro atoms. The second-order valence-electron chi connectivity index (χ2n) is 14.0. The third-order valence-corrected chi connectivity index (χ3v) is 9.79. The van der Waals surface area contributed by atoms with Crippen molar-refractivity contribution in [3.05, 3.63) is 72.3 Å². The van der Waals surface area contributed by atoms with Gasteiger partial charge in [0, 0.05) is 30.8 Å². The Morgan fingerprint density at radius 3 is 2.51 bits per heavy atom. The lowest BCUT2D eigenvalue weighted by Gasteiger charge is -2.36.